The number of oxime groups is 2. The molecule has 1 N–H and O–H groups in total. The number of aliphatic carboxylic acids is 1. The largest absolute Gasteiger partial charge is 0.476 e. The second-order valence-electron chi connectivity index (χ2n) is 6.48. The second kappa shape index (κ2) is 8.03. The molecule has 6 nitrogen and oxygen atoms in total. The van der Waals surface area contributed by atoms with Gasteiger partial charge >= 0.3 is 5.97 Å². The molecule has 0 aromatic heterocycles. The molecule has 0 atom stereocenters. The third kappa shape index (κ3) is 4.00. The molecule has 0 unspecified atom stereocenters. The zero-order valence-electron chi connectivity index (χ0n) is 15.4. The van der Waals surface area contributed by atoms with Crippen molar-refractivity contribution in [2.45, 2.75) is 31.8 Å². The number of carboxylic acids is 1. The van der Waals surface area contributed by atoms with Crippen LogP contribution in [0, 0.1) is 0 Å². The molecule has 0 spiro atoms. The van der Waals surface area contributed by atoms with E-state index in [4.69, 9.17) is 4.84 Å². The zero-order valence-corrected chi connectivity index (χ0v) is 15.4. The van der Waals surface area contributed by atoms with Gasteiger partial charge in [-0.2, -0.15) is 0 Å². The van der Waals surface area contributed by atoms with Crippen molar-refractivity contribution in [1.29, 1.82) is 0 Å². The Balaban J connectivity index is 1.76. The second-order valence-corrected chi connectivity index (χ2v) is 6.48. The Labute approximate surface area is 158 Å². The highest BCUT2D eigenvalue weighted by Crippen LogP contribution is 2.49. The number of hydrogen-bond donors (Lipinski definition) is 1. The molecule has 2 aromatic carbocycles. The average molecular weight is 366 g/mol. The lowest BCUT2D eigenvalue weighted by molar-refractivity contribution is -0.129. The van der Waals surface area contributed by atoms with Crippen LogP contribution in [0.5, 0.6) is 0 Å². The van der Waals surface area contributed by atoms with Crippen LogP contribution in [0.3, 0.4) is 0 Å². The van der Waals surface area contributed by atoms with Crippen molar-refractivity contribution in [3.05, 3.63) is 71.3 Å². The highest BCUT2D eigenvalue weighted by atomic mass is 16.6. The molecular formula is C21H22N2O4. The predicted octanol–water partition coefficient (Wildman–Crippen LogP) is 3.75. The number of hydrogen-bond acceptors (Lipinski definition) is 5. The molecular weight excluding hydrogens is 344 g/mol. The third-order valence-corrected chi connectivity index (χ3v) is 4.85. The quantitative estimate of drug-likeness (QED) is 0.570. The number of rotatable bonds is 8. The average Bonchev–Trinajstić information content (AvgIpc) is 3.49. The highest BCUT2D eigenvalue weighted by molar-refractivity contribution is 6.42. The van der Waals surface area contributed by atoms with Crippen molar-refractivity contribution in [2.75, 3.05) is 7.11 Å². The summed E-state index contributed by atoms with van der Waals surface area (Å²) in [5, 5.41) is 17.3. The molecule has 27 heavy (non-hydrogen) atoms. The fraction of sp³-hybridized carbons (Fsp3) is 0.286. The fourth-order valence-corrected chi connectivity index (χ4v) is 3.20. The van der Waals surface area contributed by atoms with Crippen LogP contribution in [0.1, 0.15) is 36.5 Å². The number of carboxylic acid groups (broad SMARTS) is 1. The fourth-order valence-electron chi connectivity index (χ4n) is 3.20. The molecule has 0 amide bonds. The van der Waals surface area contributed by atoms with E-state index in [0.29, 0.717) is 11.1 Å². The summed E-state index contributed by atoms with van der Waals surface area (Å²) < 4.78 is 0. The Kier molecular flexibility index (Phi) is 5.54. The van der Waals surface area contributed by atoms with Crippen molar-refractivity contribution < 1.29 is 19.6 Å². The Morgan fingerprint density at radius 3 is 2.37 bits per heavy atom. The van der Waals surface area contributed by atoms with Crippen LogP contribution < -0.4 is 0 Å². The summed E-state index contributed by atoms with van der Waals surface area (Å²) >= 11 is 0. The van der Waals surface area contributed by atoms with Crippen LogP contribution in [0.25, 0.3) is 0 Å². The van der Waals surface area contributed by atoms with Gasteiger partial charge in [-0.25, -0.2) is 4.79 Å². The van der Waals surface area contributed by atoms with Gasteiger partial charge in [0.25, 0.3) is 0 Å². The molecule has 0 bridgehead atoms. The third-order valence-electron chi connectivity index (χ3n) is 4.85. The minimum atomic E-state index is -1.16. The van der Waals surface area contributed by atoms with E-state index < -0.39 is 5.97 Å². The first-order valence-electron chi connectivity index (χ1n) is 8.74. The lowest BCUT2D eigenvalue weighted by Gasteiger charge is -2.15. The lowest BCUT2D eigenvalue weighted by Crippen LogP contribution is -2.18. The lowest BCUT2D eigenvalue weighted by atomic mass is 9.92. The van der Waals surface area contributed by atoms with Gasteiger partial charge < -0.3 is 14.8 Å². The van der Waals surface area contributed by atoms with Gasteiger partial charge in [-0.15, -0.1) is 0 Å². The molecule has 0 aliphatic heterocycles. The van der Waals surface area contributed by atoms with Crippen LogP contribution in [0.2, 0.25) is 0 Å². The van der Waals surface area contributed by atoms with E-state index in [-0.39, 0.29) is 17.7 Å². The molecule has 1 aliphatic rings. The van der Waals surface area contributed by atoms with Crippen LogP contribution >= 0.6 is 0 Å². The van der Waals surface area contributed by atoms with Crippen molar-refractivity contribution >= 4 is 17.4 Å². The molecule has 0 saturated heterocycles. The van der Waals surface area contributed by atoms with Gasteiger partial charge in [-0.3, -0.25) is 0 Å². The van der Waals surface area contributed by atoms with Crippen molar-refractivity contribution in [1.82, 2.24) is 0 Å². The van der Waals surface area contributed by atoms with Crippen molar-refractivity contribution in [3.63, 3.8) is 0 Å². The summed E-state index contributed by atoms with van der Waals surface area (Å²) in [5.41, 5.74) is 3.09. The van der Waals surface area contributed by atoms with E-state index in [0.717, 1.165) is 18.6 Å². The first kappa shape index (κ1) is 18.6. The van der Waals surface area contributed by atoms with Gasteiger partial charge in [0, 0.05) is 16.5 Å². The summed E-state index contributed by atoms with van der Waals surface area (Å²) in [6.45, 7) is 2.12. The first-order chi connectivity index (χ1) is 13.1. The van der Waals surface area contributed by atoms with Gasteiger partial charge in [0.1, 0.15) is 13.7 Å². The molecule has 0 radical (unpaired) electrons. The summed E-state index contributed by atoms with van der Waals surface area (Å²) in [6.07, 6.45) is 2.10. The monoisotopic (exact) mass is 366 g/mol. The van der Waals surface area contributed by atoms with Crippen LogP contribution in [-0.4, -0.2) is 29.6 Å². The minimum absolute atomic E-state index is 0.0372. The zero-order chi connectivity index (χ0) is 19.3. The van der Waals surface area contributed by atoms with Crippen LogP contribution in [0.15, 0.2) is 64.9 Å². The van der Waals surface area contributed by atoms with Gasteiger partial charge in [0.05, 0.1) is 5.71 Å². The van der Waals surface area contributed by atoms with Crippen molar-refractivity contribution in [2.24, 2.45) is 10.3 Å². The van der Waals surface area contributed by atoms with E-state index in [2.05, 4.69) is 27.3 Å². The molecule has 6 heteroatoms. The maximum atomic E-state index is 11.4. The topological polar surface area (TPSA) is 80.5 Å². The molecule has 3 rings (SSSR count). The first-order valence-corrected chi connectivity index (χ1v) is 8.74. The van der Waals surface area contributed by atoms with Crippen LogP contribution in [-0.2, 0) is 26.5 Å². The van der Waals surface area contributed by atoms with E-state index in [1.807, 2.05) is 31.2 Å². The molecule has 1 saturated carbocycles. The van der Waals surface area contributed by atoms with Gasteiger partial charge in [-0.1, -0.05) is 64.9 Å². The summed E-state index contributed by atoms with van der Waals surface area (Å²) in [4.78, 5) is 21.7. The molecule has 0 heterocycles. The number of carbonyl (C=O) groups is 1. The van der Waals surface area contributed by atoms with Gasteiger partial charge in [0.15, 0.2) is 5.71 Å². The Morgan fingerprint density at radius 1 is 1.07 bits per heavy atom. The smallest absolute Gasteiger partial charge is 0.358 e. The Bertz CT molecular complexity index is 871. The van der Waals surface area contributed by atoms with Gasteiger partial charge in [0.2, 0.25) is 0 Å². The van der Waals surface area contributed by atoms with E-state index in [1.54, 1.807) is 18.2 Å². The summed E-state index contributed by atoms with van der Waals surface area (Å²) in [5.74, 6) is -1.16. The SMILES string of the molecule is CON=C(C(=O)O)c1ccccc1CON=C(C)C1(c2ccccc2)CC1. The summed E-state index contributed by atoms with van der Waals surface area (Å²) in [7, 11) is 1.31. The standard InChI is InChI=1S/C21H22N2O4/c1-15(21(12-13-21)17-9-4-3-5-10-17)22-27-14-16-8-6-7-11-18(16)19(20(24)25)23-26-2/h3-11H,12-14H2,1-2H3,(H,24,25). The maximum absolute atomic E-state index is 11.4. The van der Waals surface area contributed by atoms with Crippen molar-refractivity contribution in [3.8, 4) is 0 Å². The Hall–Kier alpha value is -3.15. The normalized spacial score (nSPS) is 15.9. The molecule has 1 fully saturated rings. The van der Waals surface area contributed by atoms with E-state index in [1.165, 1.54) is 12.7 Å². The highest BCUT2D eigenvalue weighted by Gasteiger charge is 2.47. The van der Waals surface area contributed by atoms with E-state index in [9.17, 15) is 9.90 Å². The number of nitrogens with zero attached hydrogens (tertiary/aromatic N) is 2. The van der Waals surface area contributed by atoms with E-state index >= 15 is 0 Å². The molecule has 140 valence electrons. The molecule has 1 aliphatic carbocycles. The summed E-state index contributed by atoms with van der Waals surface area (Å²) in [6, 6.07) is 17.3. The maximum Gasteiger partial charge on any atom is 0.358 e. The Morgan fingerprint density at radius 2 is 1.74 bits per heavy atom. The molecule has 2 aromatic rings. The predicted molar refractivity (Wildman–Crippen MR) is 103 cm³/mol. The minimum Gasteiger partial charge on any atom is -0.476 e. The number of benzene rings is 2. The van der Waals surface area contributed by atoms with Gasteiger partial charge in [-0.05, 0) is 25.3 Å². The van der Waals surface area contributed by atoms with Crippen LogP contribution in [0.4, 0.5) is 0 Å².